The van der Waals surface area contributed by atoms with Gasteiger partial charge in [-0.2, -0.15) is 0 Å². The number of rotatable bonds is 5. The topological polar surface area (TPSA) is 77.5 Å². The molecule has 1 atom stereocenters. The van der Waals surface area contributed by atoms with Crippen LogP contribution in [0.5, 0.6) is 0 Å². The Labute approximate surface area is 195 Å². The van der Waals surface area contributed by atoms with E-state index in [1.807, 2.05) is 24.3 Å². The maximum absolute atomic E-state index is 12.4. The van der Waals surface area contributed by atoms with Crippen molar-refractivity contribution in [3.8, 4) is 0 Å². The molecule has 0 unspecified atom stereocenters. The molecule has 1 aromatic heterocycles. The highest BCUT2D eigenvalue weighted by Gasteiger charge is 2.33. The van der Waals surface area contributed by atoms with Crippen molar-refractivity contribution in [1.29, 1.82) is 0 Å². The van der Waals surface area contributed by atoms with Crippen molar-refractivity contribution >= 4 is 46.5 Å². The van der Waals surface area contributed by atoms with Crippen molar-refractivity contribution in [3.05, 3.63) is 51.2 Å². The highest BCUT2D eigenvalue weighted by molar-refractivity contribution is 7.18. The van der Waals surface area contributed by atoms with Gasteiger partial charge >= 0.3 is 6.09 Å². The second-order valence-corrected chi connectivity index (χ2v) is 9.68. The summed E-state index contributed by atoms with van der Waals surface area (Å²) < 4.78 is 6.01. The minimum atomic E-state index is -0.411. The Morgan fingerprint density at radius 3 is 2.75 bits per heavy atom. The van der Waals surface area contributed by atoms with Gasteiger partial charge in [0.25, 0.3) is 5.91 Å². The summed E-state index contributed by atoms with van der Waals surface area (Å²) in [6, 6.07) is 11.2. The number of nitrogens with one attached hydrogen (secondary N) is 1. The number of carbonyl (C=O) groups is 2. The van der Waals surface area contributed by atoms with Crippen molar-refractivity contribution in [1.82, 2.24) is 15.3 Å². The molecular formula is C22H24ClN5O3S. The zero-order valence-corrected chi connectivity index (χ0v) is 19.1. The van der Waals surface area contributed by atoms with Crippen LogP contribution in [0.3, 0.4) is 0 Å². The fraction of sp³-hybridized carbons (Fsp3) is 0.409. The Morgan fingerprint density at radius 2 is 1.97 bits per heavy atom. The largest absolute Gasteiger partial charge is 0.442 e. The number of cyclic esters (lactones) is 1. The van der Waals surface area contributed by atoms with Crippen molar-refractivity contribution < 1.29 is 14.3 Å². The van der Waals surface area contributed by atoms with E-state index in [9.17, 15) is 9.59 Å². The highest BCUT2D eigenvalue weighted by atomic mass is 35.5. The Kier molecular flexibility index (Phi) is 6.03. The third-order valence-electron chi connectivity index (χ3n) is 5.84. The molecular weight excluding hydrogens is 450 g/mol. The van der Waals surface area contributed by atoms with Crippen LogP contribution in [0.4, 0.5) is 10.5 Å². The average Bonchev–Trinajstić information content (AvgIpc) is 3.42. The van der Waals surface area contributed by atoms with Crippen LogP contribution in [0.15, 0.2) is 41.4 Å². The fourth-order valence-corrected chi connectivity index (χ4v) is 5.20. The molecule has 8 nitrogen and oxygen atoms in total. The van der Waals surface area contributed by atoms with E-state index >= 15 is 0 Å². The van der Waals surface area contributed by atoms with Gasteiger partial charge in [-0.25, -0.2) is 9.80 Å². The molecule has 32 heavy (non-hydrogen) atoms. The number of benzene rings is 1. The second kappa shape index (κ2) is 9.09. The maximum atomic E-state index is 12.4. The first-order valence-corrected chi connectivity index (χ1v) is 12.0. The molecule has 10 heteroatoms. The van der Waals surface area contributed by atoms with Crippen molar-refractivity contribution in [2.75, 3.05) is 44.2 Å². The highest BCUT2D eigenvalue weighted by Crippen LogP contribution is 2.25. The van der Waals surface area contributed by atoms with Gasteiger partial charge in [0, 0.05) is 30.9 Å². The summed E-state index contributed by atoms with van der Waals surface area (Å²) in [5.74, 6) is 0.779. The van der Waals surface area contributed by atoms with Crippen LogP contribution in [-0.2, 0) is 4.74 Å². The van der Waals surface area contributed by atoms with E-state index in [2.05, 4.69) is 15.3 Å². The number of nitrogens with zero attached hydrogens (tertiary/aromatic N) is 4. The number of carbonyl (C=O) groups excluding carboxylic acids is 2. The van der Waals surface area contributed by atoms with E-state index in [0.717, 1.165) is 43.3 Å². The first-order chi connectivity index (χ1) is 15.6. The quantitative estimate of drug-likeness (QED) is 0.721. The lowest BCUT2D eigenvalue weighted by molar-refractivity contribution is 0.0110. The molecule has 0 saturated carbocycles. The zero-order valence-electron chi connectivity index (χ0n) is 17.5. The van der Waals surface area contributed by atoms with E-state index < -0.39 is 12.2 Å². The van der Waals surface area contributed by atoms with E-state index in [1.54, 1.807) is 17.0 Å². The van der Waals surface area contributed by atoms with Crippen LogP contribution in [0.1, 0.15) is 28.1 Å². The summed E-state index contributed by atoms with van der Waals surface area (Å²) in [5.41, 5.74) is 1.82. The second-order valence-electron chi connectivity index (χ2n) is 7.97. The van der Waals surface area contributed by atoms with Crippen molar-refractivity contribution in [2.24, 2.45) is 4.99 Å². The van der Waals surface area contributed by atoms with Gasteiger partial charge in [0.05, 0.1) is 28.8 Å². The van der Waals surface area contributed by atoms with Gasteiger partial charge in [-0.15, -0.1) is 11.3 Å². The lowest BCUT2D eigenvalue weighted by atomic mass is 10.1. The summed E-state index contributed by atoms with van der Waals surface area (Å²) in [6.07, 6.45) is 1.58. The van der Waals surface area contributed by atoms with E-state index in [-0.39, 0.29) is 12.5 Å². The number of aliphatic imine (C=N–C) groups is 1. The minimum absolute atomic E-state index is 0.222. The molecule has 0 radical (unpaired) electrons. The molecule has 4 heterocycles. The van der Waals surface area contributed by atoms with Crippen LogP contribution in [0, 0.1) is 0 Å². The monoisotopic (exact) mass is 473 g/mol. The maximum Gasteiger partial charge on any atom is 0.414 e. The van der Waals surface area contributed by atoms with E-state index in [0.29, 0.717) is 15.8 Å². The predicted octanol–water partition coefficient (Wildman–Crippen LogP) is 3.23. The Morgan fingerprint density at radius 1 is 1.16 bits per heavy atom. The zero-order chi connectivity index (χ0) is 22.1. The number of amidine groups is 1. The fourth-order valence-electron chi connectivity index (χ4n) is 4.24. The number of fused-ring (bicyclic) bond motifs is 1. The third kappa shape index (κ3) is 4.32. The van der Waals surface area contributed by atoms with Gasteiger partial charge in [0.15, 0.2) is 0 Å². The van der Waals surface area contributed by atoms with Gasteiger partial charge in [0.1, 0.15) is 11.9 Å². The third-order valence-corrected chi connectivity index (χ3v) is 7.07. The number of hydrogen-bond donors (Lipinski definition) is 1. The standard InChI is InChI=1S/C22H24ClN5O3S/c23-19-8-7-18(32-19)21(29)25-13-17-14-27(22(30)31-17)16-5-3-15(4-6-16)20-24-9-12-26-10-1-2-11-28(20)26/h3-8,17H,1-2,9-14H2,(H,25,29)/t17-/m0/s1. The minimum Gasteiger partial charge on any atom is -0.442 e. The van der Waals surface area contributed by atoms with Crippen LogP contribution in [0.2, 0.25) is 4.34 Å². The number of hydrogen-bond acceptors (Lipinski definition) is 7. The molecule has 1 N–H and O–H groups in total. The van der Waals surface area contributed by atoms with Crippen LogP contribution in [-0.4, -0.2) is 73.2 Å². The molecule has 5 rings (SSSR count). The van der Waals surface area contributed by atoms with Crippen LogP contribution < -0.4 is 10.2 Å². The van der Waals surface area contributed by atoms with Crippen LogP contribution in [0.25, 0.3) is 0 Å². The van der Waals surface area contributed by atoms with Gasteiger partial charge in [0.2, 0.25) is 0 Å². The summed E-state index contributed by atoms with van der Waals surface area (Å²) in [4.78, 5) is 31.5. The molecule has 3 aliphatic heterocycles. The van der Waals surface area contributed by atoms with Gasteiger partial charge in [-0.05, 0) is 49.2 Å². The number of amides is 2. The number of thiophene rings is 1. The van der Waals surface area contributed by atoms with Crippen molar-refractivity contribution in [3.63, 3.8) is 0 Å². The number of ether oxygens (including phenoxy) is 1. The smallest absolute Gasteiger partial charge is 0.414 e. The Bertz CT molecular complexity index is 1040. The molecule has 0 spiro atoms. The van der Waals surface area contributed by atoms with E-state index in [4.69, 9.17) is 21.3 Å². The molecule has 3 aliphatic rings. The molecule has 168 valence electrons. The lowest BCUT2D eigenvalue weighted by Gasteiger charge is -2.43. The number of halogens is 1. The molecule has 0 bridgehead atoms. The normalized spacial score (nSPS) is 21.2. The summed E-state index contributed by atoms with van der Waals surface area (Å²) in [5, 5.41) is 7.47. The molecule has 2 saturated heterocycles. The Balaban J connectivity index is 1.21. The number of anilines is 1. The molecule has 2 amide bonds. The first-order valence-electron chi connectivity index (χ1n) is 10.8. The van der Waals surface area contributed by atoms with Gasteiger partial charge in [-0.1, -0.05) is 11.6 Å². The summed E-state index contributed by atoms with van der Waals surface area (Å²) in [7, 11) is 0. The summed E-state index contributed by atoms with van der Waals surface area (Å²) >= 11 is 7.10. The van der Waals surface area contributed by atoms with Crippen molar-refractivity contribution in [2.45, 2.75) is 18.9 Å². The van der Waals surface area contributed by atoms with Gasteiger partial charge < -0.3 is 10.1 Å². The molecule has 2 fully saturated rings. The summed E-state index contributed by atoms with van der Waals surface area (Å²) in [6.45, 7) is 4.47. The molecule has 0 aliphatic carbocycles. The predicted molar refractivity (Wildman–Crippen MR) is 125 cm³/mol. The van der Waals surface area contributed by atoms with Gasteiger partial charge in [-0.3, -0.25) is 19.7 Å². The lowest BCUT2D eigenvalue weighted by Crippen LogP contribution is -2.54. The molecule has 2 aromatic rings. The average molecular weight is 474 g/mol. The SMILES string of the molecule is O=C(NC[C@H]1CN(c2ccc(C3=NCCN4CCCCN34)cc2)C(=O)O1)c1ccc(Cl)s1. The first kappa shape index (κ1) is 21.2. The Hall–Kier alpha value is -2.62. The number of hydrazine groups is 1. The van der Waals surface area contributed by atoms with Crippen LogP contribution >= 0.6 is 22.9 Å². The van der Waals surface area contributed by atoms with E-state index in [1.165, 1.54) is 24.2 Å². The molecule has 1 aromatic carbocycles.